The number of ketones is 1. The lowest BCUT2D eigenvalue weighted by Gasteiger charge is -2.14. The van der Waals surface area contributed by atoms with Crippen molar-refractivity contribution in [3.63, 3.8) is 0 Å². The van der Waals surface area contributed by atoms with Crippen LogP contribution in [0, 0.1) is 0 Å². The maximum atomic E-state index is 11.4. The monoisotopic (exact) mass is 198 g/mol. The lowest BCUT2D eigenvalue weighted by molar-refractivity contribution is -0.151. The molecule has 1 aliphatic rings. The predicted molar refractivity (Wildman–Crippen MR) is 49.7 cm³/mol. The van der Waals surface area contributed by atoms with E-state index in [1.54, 1.807) is 13.8 Å². The van der Waals surface area contributed by atoms with Crippen molar-refractivity contribution in [1.29, 1.82) is 0 Å². The van der Waals surface area contributed by atoms with Gasteiger partial charge in [-0.25, -0.2) is 4.79 Å². The van der Waals surface area contributed by atoms with Crippen LogP contribution in [0.4, 0.5) is 0 Å². The van der Waals surface area contributed by atoms with Crippen molar-refractivity contribution in [3.8, 4) is 0 Å². The lowest BCUT2D eigenvalue weighted by atomic mass is 10.1. The summed E-state index contributed by atoms with van der Waals surface area (Å²) in [4.78, 5) is 22.4. The second kappa shape index (κ2) is 4.37. The Morgan fingerprint density at radius 3 is 2.79 bits per heavy atom. The van der Waals surface area contributed by atoms with Gasteiger partial charge in [0, 0.05) is 6.42 Å². The normalized spacial score (nSPS) is 23.0. The second-order valence-corrected chi connectivity index (χ2v) is 3.37. The molecule has 1 heterocycles. The van der Waals surface area contributed by atoms with Crippen LogP contribution in [-0.4, -0.2) is 30.6 Å². The van der Waals surface area contributed by atoms with Gasteiger partial charge in [0.15, 0.2) is 11.9 Å². The average molecular weight is 198 g/mol. The molecule has 1 aliphatic heterocycles. The zero-order valence-electron chi connectivity index (χ0n) is 8.41. The van der Waals surface area contributed by atoms with Crippen molar-refractivity contribution in [2.24, 2.45) is 0 Å². The van der Waals surface area contributed by atoms with E-state index in [1.807, 2.05) is 0 Å². The van der Waals surface area contributed by atoms with Crippen LogP contribution in [-0.2, 0) is 19.1 Å². The molecule has 2 atom stereocenters. The van der Waals surface area contributed by atoms with Crippen molar-refractivity contribution in [3.05, 3.63) is 12.2 Å². The fourth-order valence-electron chi connectivity index (χ4n) is 1.26. The van der Waals surface area contributed by atoms with E-state index in [0.717, 1.165) is 0 Å². The van der Waals surface area contributed by atoms with Gasteiger partial charge in [-0.2, -0.15) is 0 Å². The number of hydrogen-bond donors (Lipinski definition) is 0. The molecule has 0 radical (unpaired) electrons. The van der Waals surface area contributed by atoms with Crippen LogP contribution in [0.3, 0.4) is 0 Å². The quantitative estimate of drug-likeness (QED) is 0.496. The summed E-state index contributed by atoms with van der Waals surface area (Å²) < 4.78 is 9.97. The third kappa shape index (κ3) is 2.42. The Morgan fingerprint density at radius 1 is 1.71 bits per heavy atom. The highest BCUT2D eigenvalue weighted by Crippen LogP contribution is 2.14. The maximum absolute atomic E-state index is 11.4. The van der Waals surface area contributed by atoms with Crippen LogP contribution < -0.4 is 0 Å². The SMILES string of the molecule is C=C(C)C(=O)C(C)OC1CCOC1=O. The van der Waals surface area contributed by atoms with E-state index < -0.39 is 12.2 Å². The van der Waals surface area contributed by atoms with Crippen LogP contribution in [0.15, 0.2) is 12.2 Å². The molecule has 0 spiro atoms. The molecular weight excluding hydrogens is 184 g/mol. The van der Waals surface area contributed by atoms with E-state index >= 15 is 0 Å². The van der Waals surface area contributed by atoms with Crippen LogP contribution in [0.1, 0.15) is 20.3 Å². The molecule has 1 saturated heterocycles. The van der Waals surface area contributed by atoms with Gasteiger partial charge in [-0.15, -0.1) is 0 Å². The zero-order chi connectivity index (χ0) is 10.7. The minimum Gasteiger partial charge on any atom is -0.464 e. The third-order valence-corrected chi connectivity index (χ3v) is 2.05. The minimum absolute atomic E-state index is 0.176. The topological polar surface area (TPSA) is 52.6 Å². The van der Waals surface area contributed by atoms with Crippen LogP contribution >= 0.6 is 0 Å². The molecule has 0 aromatic carbocycles. The van der Waals surface area contributed by atoms with Crippen molar-refractivity contribution in [2.45, 2.75) is 32.5 Å². The molecule has 0 aliphatic carbocycles. The highest BCUT2D eigenvalue weighted by molar-refractivity contribution is 5.97. The lowest BCUT2D eigenvalue weighted by Crippen LogP contribution is -2.29. The first-order chi connectivity index (χ1) is 6.52. The first-order valence-corrected chi connectivity index (χ1v) is 4.54. The predicted octanol–water partition coefficient (Wildman–Crippen LogP) is 0.852. The molecule has 1 fully saturated rings. The van der Waals surface area contributed by atoms with Crippen molar-refractivity contribution >= 4 is 11.8 Å². The van der Waals surface area contributed by atoms with Gasteiger partial charge >= 0.3 is 5.97 Å². The number of carbonyl (C=O) groups is 2. The van der Waals surface area contributed by atoms with E-state index in [4.69, 9.17) is 9.47 Å². The van der Waals surface area contributed by atoms with Gasteiger partial charge in [-0.1, -0.05) is 6.58 Å². The van der Waals surface area contributed by atoms with Gasteiger partial charge < -0.3 is 9.47 Å². The first-order valence-electron chi connectivity index (χ1n) is 4.54. The Morgan fingerprint density at radius 2 is 2.36 bits per heavy atom. The van der Waals surface area contributed by atoms with Gasteiger partial charge in [-0.05, 0) is 19.4 Å². The summed E-state index contributed by atoms with van der Waals surface area (Å²) >= 11 is 0. The van der Waals surface area contributed by atoms with Gasteiger partial charge in [0.05, 0.1) is 6.61 Å². The molecule has 2 unspecified atom stereocenters. The Balaban J connectivity index is 2.47. The average Bonchev–Trinajstić information content (AvgIpc) is 2.50. The number of esters is 1. The van der Waals surface area contributed by atoms with Gasteiger partial charge in [0.1, 0.15) is 6.10 Å². The molecule has 0 aromatic rings. The summed E-state index contributed by atoms with van der Waals surface area (Å²) in [5.41, 5.74) is 0.434. The highest BCUT2D eigenvalue weighted by atomic mass is 16.6. The molecule has 14 heavy (non-hydrogen) atoms. The van der Waals surface area contributed by atoms with E-state index in [2.05, 4.69) is 6.58 Å². The fourth-order valence-corrected chi connectivity index (χ4v) is 1.26. The Kier molecular flexibility index (Phi) is 3.41. The Hall–Kier alpha value is -1.16. The van der Waals surface area contributed by atoms with Crippen LogP contribution in [0.2, 0.25) is 0 Å². The molecule has 0 saturated carbocycles. The molecule has 4 nitrogen and oxygen atoms in total. The van der Waals surface area contributed by atoms with Crippen molar-refractivity contribution in [1.82, 2.24) is 0 Å². The highest BCUT2D eigenvalue weighted by Gasteiger charge is 2.30. The Labute approximate surface area is 82.9 Å². The Bertz CT molecular complexity index is 269. The summed E-state index contributed by atoms with van der Waals surface area (Å²) in [6.07, 6.45) is -0.691. The number of ether oxygens (including phenoxy) is 2. The number of carbonyl (C=O) groups excluding carboxylic acids is 2. The third-order valence-electron chi connectivity index (χ3n) is 2.05. The van der Waals surface area contributed by atoms with E-state index in [9.17, 15) is 9.59 Å². The number of rotatable bonds is 4. The van der Waals surface area contributed by atoms with E-state index in [1.165, 1.54) is 0 Å². The fraction of sp³-hybridized carbons (Fsp3) is 0.600. The van der Waals surface area contributed by atoms with Gasteiger partial charge in [0.25, 0.3) is 0 Å². The maximum Gasteiger partial charge on any atom is 0.335 e. The number of cyclic esters (lactones) is 1. The summed E-state index contributed by atoms with van der Waals surface area (Å²) in [7, 11) is 0. The van der Waals surface area contributed by atoms with Crippen LogP contribution in [0.5, 0.6) is 0 Å². The molecular formula is C10H14O4. The molecule has 0 bridgehead atoms. The summed E-state index contributed by atoms with van der Waals surface area (Å²) in [5, 5.41) is 0. The molecule has 0 amide bonds. The number of hydrogen-bond acceptors (Lipinski definition) is 4. The van der Waals surface area contributed by atoms with Gasteiger partial charge in [0.2, 0.25) is 0 Å². The summed E-state index contributed by atoms with van der Waals surface area (Å²) in [6, 6.07) is 0. The summed E-state index contributed by atoms with van der Waals surface area (Å²) in [6.45, 7) is 7.13. The second-order valence-electron chi connectivity index (χ2n) is 3.37. The molecule has 0 aromatic heterocycles. The minimum atomic E-state index is -0.622. The first kappa shape index (κ1) is 10.9. The summed E-state index contributed by atoms with van der Waals surface area (Å²) in [5.74, 6) is -0.559. The van der Waals surface area contributed by atoms with E-state index in [-0.39, 0.29) is 11.8 Å². The van der Waals surface area contributed by atoms with Gasteiger partial charge in [-0.3, -0.25) is 4.79 Å². The van der Waals surface area contributed by atoms with Crippen molar-refractivity contribution in [2.75, 3.05) is 6.61 Å². The van der Waals surface area contributed by atoms with Crippen LogP contribution in [0.25, 0.3) is 0 Å². The molecule has 1 rings (SSSR count). The van der Waals surface area contributed by atoms with Crippen molar-refractivity contribution < 1.29 is 19.1 Å². The standard InChI is InChI=1S/C10H14O4/c1-6(2)9(11)7(3)14-8-4-5-13-10(8)12/h7-8H,1,4-5H2,2-3H3. The molecule has 0 N–H and O–H groups in total. The largest absolute Gasteiger partial charge is 0.464 e. The molecule has 78 valence electrons. The molecule has 4 heteroatoms. The number of Topliss-reactive ketones (excluding diaryl/α,β-unsaturated/α-hetero) is 1. The smallest absolute Gasteiger partial charge is 0.335 e. The van der Waals surface area contributed by atoms with E-state index in [0.29, 0.717) is 18.6 Å². The zero-order valence-corrected chi connectivity index (χ0v) is 8.41.